The van der Waals surface area contributed by atoms with E-state index in [9.17, 15) is 0 Å². The zero-order valence-corrected chi connectivity index (χ0v) is 12.5. The molecule has 0 heterocycles. The minimum atomic E-state index is -0.102. The monoisotopic (exact) mass is 269 g/mol. The summed E-state index contributed by atoms with van der Waals surface area (Å²) in [6, 6.07) is 16.5. The van der Waals surface area contributed by atoms with Crippen LogP contribution in [0.4, 0.5) is 0 Å². The average Bonchev–Trinajstić information content (AvgIpc) is 2.45. The third kappa shape index (κ3) is 3.40. The highest BCUT2D eigenvalue weighted by Crippen LogP contribution is 2.30. The Morgan fingerprint density at radius 2 is 1.80 bits per heavy atom. The van der Waals surface area contributed by atoms with Gasteiger partial charge in [0.05, 0.1) is 0 Å². The summed E-state index contributed by atoms with van der Waals surface area (Å²) in [4.78, 5) is 0. The van der Waals surface area contributed by atoms with Gasteiger partial charge in [0.15, 0.2) is 0 Å². The molecule has 0 fully saturated rings. The molecule has 0 radical (unpaired) electrons. The summed E-state index contributed by atoms with van der Waals surface area (Å²) in [5.41, 5.74) is 9.48. The molecular weight excluding hydrogens is 246 g/mol. The molecule has 0 aliphatic rings. The lowest BCUT2D eigenvalue weighted by atomic mass is 10.0. The van der Waals surface area contributed by atoms with Gasteiger partial charge >= 0.3 is 0 Å². The van der Waals surface area contributed by atoms with Gasteiger partial charge in [-0.05, 0) is 30.0 Å². The second-order valence-electron chi connectivity index (χ2n) is 5.45. The van der Waals surface area contributed by atoms with E-state index in [4.69, 9.17) is 10.5 Å². The number of benzene rings is 2. The van der Waals surface area contributed by atoms with Crippen molar-refractivity contribution in [3.8, 4) is 5.75 Å². The van der Waals surface area contributed by atoms with Crippen LogP contribution in [0.15, 0.2) is 48.5 Å². The maximum absolute atomic E-state index is 6.17. The lowest BCUT2D eigenvalue weighted by molar-refractivity contribution is 0.211. The lowest BCUT2D eigenvalue weighted by Crippen LogP contribution is -2.19. The molecule has 2 N–H and O–H groups in total. The molecule has 2 heteroatoms. The maximum atomic E-state index is 6.17. The Bertz CT molecular complexity index is 563. The molecule has 0 aliphatic heterocycles. The van der Waals surface area contributed by atoms with Crippen LogP contribution in [0.3, 0.4) is 0 Å². The van der Waals surface area contributed by atoms with E-state index in [1.165, 1.54) is 11.1 Å². The van der Waals surface area contributed by atoms with E-state index in [-0.39, 0.29) is 6.10 Å². The minimum Gasteiger partial charge on any atom is -0.484 e. The fourth-order valence-electron chi connectivity index (χ4n) is 2.34. The third-order valence-electron chi connectivity index (χ3n) is 3.44. The summed E-state index contributed by atoms with van der Waals surface area (Å²) in [6.45, 7) is 6.90. The summed E-state index contributed by atoms with van der Waals surface area (Å²) in [7, 11) is 0. The Balaban J connectivity index is 2.27. The van der Waals surface area contributed by atoms with Crippen molar-refractivity contribution in [3.05, 3.63) is 65.2 Å². The van der Waals surface area contributed by atoms with Crippen LogP contribution in [-0.4, -0.2) is 6.54 Å². The summed E-state index contributed by atoms with van der Waals surface area (Å²) in [6.07, 6.45) is -0.102. The standard InChI is InChI=1S/C18H23NO/c1-13(2)16-9-4-5-10-17(16)20-18(12-19)15-8-6-7-14(3)11-15/h4-11,13,18H,12,19H2,1-3H3. The minimum absolute atomic E-state index is 0.102. The van der Waals surface area contributed by atoms with Crippen molar-refractivity contribution in [2.45, 2.75) is 32.8 Å². The van der Waals surface area contributed by atoms with Crippen LogP contribution in [0.25, 0.3) is 0 Å². The molecule has 0 spiro atoms. The molecule has 0 aromatic heterocycles. The van der Waals surface area contributed by atoms with Gasteiger partial charge < -0.3 is 10.5 Å². The van der Waals surface area contributed by atoms with Gasteiger partial charge in [0.25, 0.3) is 0 Å². The van der Waals surface area contributed by atoms with E-state index in [2.05, 4.69) is 45.0 Å². The van der Waals surface area contributed by atoms with Crippen LogP contribution < -0.4 is 10.5 Å². The third-order valence-corrected chi connectivity index (χ3v) is 3.44. The van der Waals surface area contributed by atoms with Gasteiger partial charge in [0.2, 0.25) is 0 Å². The number of hydrogen-bond acceptors (Lipinski definition) is 2. The fourth-order valence-corrected chi connectivity index (χ4v) is 2.34. The highest BCUT2D eigenvalue weighted by atomic mass is 16.5. The van der Waals surface area contributed by atoms with Gasteiger partial charge in [-0.3, -0.25) is 0 Å². The molecule has 0 saturated carbocycles. The van der Waals surface area contributed by atoms with Crippen molar-refractivity contribution >= 4 is 0 Å². The molecule has 2 rings (SSSR count). The molecule has 0 bridgehead atoms. The molecule has 20 heavy (non-hydrogen) atoms. The maximum Gasteiger partial charge on any atom is 0.136 e. The Morgan fingerprint density at radius 3 is 2.45 bits per heavy atom. The summed E-state index contributed by atoms with van der Waals surface area (Å²) in [5, 5.41) is 0. The Morgan fingerprint density at radius 1 is 1.05 bits per heavy atom. The Labute approximate surface area is 121 Å². The molecule has 0 saturated heterocycles. The predicted octanol–water partition coefficient (Wildman–Crippen LogP) is 4.20. The highest BCUT2D eigenvalue weighted by molar-refractivity contribution is 5.36. The lowest BCUT2D eigenvalue weighted by Gasteiger charge is -2.21. The average molecular weight is 269 g/mol. The van der Waals surface area contributed by atoms with Gasteiger partial charge in [-0.25, -0.2) is 0 Å². The van der Waals surface area contributed by atoms with Crippen molar-refractivity contribution in [1.82, 2.24) is 0 Å². The van der Waals surface area contributed by atoms with Gasteiger partial charge in [-0.15, -0.1) is 0 Å². The first kappa shape index (κ1) is 14.6. The number of hydrogen-bond donors (Lipinski definition) is 1. The van der Waals surface area contributed by atoms with Crippen LogP contribution in [0.2, 0.25) is 0 Å². The normalized spacial score (nSPS) is 12.4. The van der Waals surface area contributed by atoms with Crippen LogP contribution in [-0.2, 0) is 0 Å². The second kappa shape index (κ2) is 6.58. The SMILES string of the molecule is Cc1cccc(C(CN)Oc2ccccc2C(C)C)c1. The fraction of sp³-hybridized carbons (Fsp3) is 0.333. The van der Waals surface area contributed by atoms with Crippen LogP contribution >= 0.6 is 0 Å². The van der Waals surface area contributed by atoms with Crippen LogP contribution in [0, 0.1) is 6.92 Å². The Hall–Kier alpha value is -1.80. The summed E-state index contributed by atoms with van der Waals surface area (Å²) < 4.78 is 6.17. The molecule has 0 amide bonds. The largest absolute Gasteiger partial charge is 0.484 e. The van der Waals surface area contributed by atoms with Gasteiger partial charge in [0.1, 0.15) is 11.9 Å². The Kier molecular flexibility index (Phi) is 4.80. The number of rotatable bonds is 5. The number of ether oxygens (including phenoxy) is 1. The van der Waals surface area contributed by atoms with E-state index < -0.39 is 0 Å². The smallest absolute Gasteiger partial charge is 0.136 e. The van der Waals surface area contributed by atoms with Crippen molar-refractivity contribution in [2.24, 2.45) is 5.73 Å². The van der Waals surface area contributed by atoms with Crippen LogP contribution in [0.5, 0.6) is 5.75 Å². The molecule has 0 aliphatic carbocycles. The summed E-state index contributed by atoms with van der Waals surface area (Å²) >= 11 is 0. The van der Waals surface area contributed by atoms with E-state index in [0.29, 0.717) is 12.5 Å². The molecular formula is C18H23NO. The molecule has 2 aromatic rings. The molecule has 2 nitrogen and oxygen atoms in total. The molecule has 2 aromatic carbocycles. The highest BCUT2D eigenvalue weighted by Gasteiger charge is 2.14. The zero-order valence-electron chi connectivity index (χ0n) is 12.5. The van der Waals surface area contributed by atoms with Crippen LogP contribution in [0.1, 0.15) is 42.6 Å². The van der Waals surface area contributed by atoms with E-state index >= 15 is 0 Å². The first-order chi connectivity index (χ1) is 9.61. The second-order valence-corrected chi connectivity index (χ2v) is 5.45. The van der Waals surface area contributed by atoms with Crippen molar-refractivity contribution in [3.63, 3.8) is 0 Å². The van der Waals surface area contributed by atoms with Gasteiger partial charge in [-0.2, -0.15) is 0 Å². The molecule has 1 unspecified atom stereocenters. The van der Waals surface area contributed by atoms with Crippen molar-refractivity contribution in [1.29, 1.82) is 0 Å². The van der Waals surface area contributed by atoms with Gasteiger partial charge in [-0.1, -0.05) is 61.9 Å². The number of para-hydroxylation sites is 1. The van der Waals surface area contributed by atoms with E-state index in [1.54, 1.807) is 0 Å². The predicted molar refractivity (Wildman–Crippen MR) is 84.1 cm³/mol. The zero-order chi connectivity index (χ0) is 14.5. The number of aryl methyl sites for hydroxylation is 1. The van der Waals surface area contributed by atoms with Crippen molar-refractivity contribution < 1.29 is 4.74 Å². The number of nitrogens with two attached hydrogens (primary N) is 1. The quantitative estimate of drug-likeness (QED) is 0.883. The van der Waals surface area contributed by atoms with Crippen molar-refractivity contribution in [2.75, 3.05) is 6.54 Å². The summed E-state index contributed by atoms with van der Waals surface area (Å²) in [5.74, 6) is 1.36. The molecule has 1 atom stereocenters. The first-order valence-electron chi connectivity index (χ1n) is 7.14. The van der Waals surface area contributed by atoms with Gasteiger partial charge in [0, 0.05) is 6.54 Å². The molecule has 106 valence electrons. The first-order valence-corrected chi connectivity index (χ1v) is 7.14. The van der Waals surface area contributed by atoms with E-state index in [1.807, 2.05) is 24.3 Å². The topological polar surface area (TPSA) is 35.2 Å². The van der Waals surface area contributed by atoms with E-state index in [0.717, 1.165) is 11.3 Å².